The molecule has 2 saturated heterocycles. The summed E-state index contributed by atoms with van der Waals surface area (Å²) in [4.78, 5) is 2.79. The fraction of sp³-hybridized carbons (Fsp3) is 1.00. The quantitative estimate of drug-likeness (QED) is 0.569. The van der Waals surface area contributed by atoms with Crippen molar-refractivity contribution in [3.8, 4) is 0 Å². The zero-order valence-electron chi connectivity index (χ0n) is 7.88. The van der Waals surface area contributed by atoms with Gasteiger partial charge in [0.25, 0.3) is 0 Å². The lowest BCUT2D eigenvalue weighted by atomic mass is 9.95. The van der Waals surface area contributed by atoms with Crippen LogP contribution in [0.4, 0.5) is 0 Å². The van der Waals surface area contributed by atoms with Gasteiger partial charge in [0.15, 0.2) is 0 Å². The first-order valence-electron chi connectivity index (χ1n) is 4.69. The molecule has 0 saturated carbocycles. The smallest absolute Gasteiger partial charge is 0.0931 e. The number of thioether (sulfide) groups is 1. The van der Waals surface area contributed by atoms with E-state index in [0.29, 0.717) is 4.87 Å². The lowest BCUT2D eigenvalue weighted by Gasteiger charge is -2.43. The molecule has 0 unspecified atom stereocenters. The average molecular weight is 187 g/mol. The summed E-state index contributed by atoms with van der Waals surface area (Å²) in [5, 5.41) is 0. The van der Waals surface area contributed by atoms with Gasteiger partial charge in [-0.2, -0.15) is 0 Å². The first-order valence-corrected chi connectivity index (χ1v) is 5.67. The van der Waals surface area contributed by atoms with Gasteiger partial charge in [0, 0.05) is 18.9 Å². The lowest BCUT2D eigenvalue weighted by molar-refractivity contribution is -0.0146. The van der Waals surface area contributed by atoms with Crippen molar-refractivity contribution in [1.29, 1.82) is 0 Å². The van der Waals surface area contributed by atoms with E-state index in [4.69, 9.17) is 4.74 Å². The zero-order valence-corrected chi connectivity index (χ0v) is 8.69. The Balaban J connectivity index is 2.15. The molecule has 0 aliphatic carbocycles. The van der Waals surface area contributed by atoms with E-state index in [9.17, 15) is 0 Å². The fourth-order valence-electron chi connectivity index (χ4n) is 2.18. The first-order chi connectivity index (χ1) is 5.76. The average Bonchev–Trinajstić information content (AvgIpc) is 2.41. The van der Waals surface area contributed by atoms with Crippen molar-refractivity contribution in [1.82, 2.24) is 4.90 Å². The van der Waals surface area contributed by atoms with E-state index in [1.165, 1.54) is 18.7 Å². The molecule has 1 spiro atoms. The topological polar surface area (TPSA) is 12.5 Å². The Morgan fingerprint density at radius 3 is 3.00 bits per heavy atom. The molecule has 0 N–H and O–H groups in total. The maximum Gasteiger partial charge on any atom is 0.0931 e. The fourth-order valence-corrected chi connectivity index (χ4v) is 3.77. The summed E-state index contributed by atoms with van der Waals surface area (Å²) >= 11 is 2.08. The van der Waals surface area contributed by atoms with Crippen LogP contribution in [0.15, 0.2) is 0 Å². The molecule has 2 aliphatic rings. The summed E-state index contributed by atoms with van der Waals surface area (Å²) in [6.07, 6.45) is 1.22. The van der Waals surface area contributed by atoms with Crippen molar-refractivity contribution >= 4 is 11.8 Å². The van der Waals surface area contributed by atoms with Crippen LogP contribution in [0, 0.1) is 5.92 Å². The van der Waals surface area contributed by atoms with Crippen LogP contribution in [0.5, 0.6) is 0 Å². The molecule has 2 aliphatic heterocycles. The van der Waals surface area contributed by atoms with Crippen molar-refractivity contribution in [2.45, 2.75) is 18.2 Å². The van der Waals surface area contributed by atoms with Gasteiger partial charge in [-0.25, -0.2) is 0 Å². The summed E-state index contributed by atoms with van der Waals surface area (Å²) in [5.74, 6) is 2.05. The molecule has 70 valence electrons. The van der Waals surface area contributed by atoms with Crippen LogP contribution < -0.4 is 0 Å². The Labute approximate surface area is 78.6 Å². The second-order valence-electron chi connectivity index (χ2n) is 3.86. The first kappa shape index (κ1) is 8.85. The van der Waals surface area contributed by atoms with Gasteiger partial charge in [-0.3, -0.25) is 4.90 Å². The number of hydrogen-bond donors (Lipinski definition) is 0. The highest BCUT2D eigenvalue weighted by molar-refractivity contribution is 8.00. The Morgan fingerprint density at radius 2 is 2.42 bits per heavy atom. The van der Waals surface area contributed by atoms with Gasteiger partial charge in [-0.15, -0.1) is 11.8 Å². The summed E-state index contributed by atoms with van der Waals surface area (Å²) in [7, 11) is 2.23. The number of ether oxygens (including phenoxy) is 1. The molecular weight excluding hydrogens is 170 g/mol. The Morgan fingerprint density at radius 1 is 1.58 bits per heavy atom. The van der Waals surface area contributed by atoms with E-state index < -0.39 is 0 Å². The van der Waals surface area contributed by atoms with E-state index in [1.54, 1.807) is 0 Å². The molecule has 0 amide bonds. The predicted molar refractivity (Wildman–Crippen MR) is 52.4 cm³/mol. The SMILES string of the molecule is C[C@@H]1CCOC[C@@]12SCCN2C. The van der Waals surface area contributed by atoms with Crippen LogP contribution in [0.1, 0.15) is 13.3 Å². The van der Waals surface area contributed by atoms with E-state index in [0.717, 1.165) is 19.1 Å². The summed E-state index contributed by atoms with van der Waals surface area (Å²) in [5.41, 5.74) is 0. The Hall–Kier alpha value is 0.270. The van der Waals surface area contributed by atoms with Crippen molar-refractivity contribution in [2.75, 3.05) is 32.6 Å². The third-order valence-corrected chi connectivity index (χ3v) is 4.92. The molecule has 2 nitrogen and oxygen atoms in total. The molecule has 0 radical (unpaired) electrons. The normalized spacial score (nSPS) is 44.0. The van der Waals surface area contributed by atoms with Crippen molar-refractivity contribution in [3.05, 3.63) is 0 Å². The third kappa shape index (κ3) is 1.19. The van der Waals surface area contributed by atoms with Gasteiger partial charge in [0.1, 0.15) is 0 Å². The van der Waals surface area contributed by atoms with Crippen LogP contribution in [-0.2, 0) is 4.74 Å². The molecule has 3 heteroatoms. The molecule has 2 heterocycles. The van der Waals surface area contributed by atoms with Crippen LogP contribution >= 0.6 is 11.8 Å². The van der Waals surface area contributed by atoms with E-state index in [2.05, 4.69) is 30.6 Å². The summed E-state index contributed by atoms with van der Waals surface area (Å²) in [6.45, 7) is 5.46. The minimum atomic E-state index is 0.318. The molecule has 2 atom stereocenters. The molecule has 0 aromatic carbocycles. The van der Waals surface area contributed by atoms with Gasteiger partial charge in [0.05, 0.1) is 11.5 Å². The van der Waals surface area contributed by atoms with Gasteiger partial charge in [0.2, 0.25) is 0 Å². The van der Waals surface area contributed by atoms with E-state index >= 15 is 0 Å². The molecule has 12 heavy (non-hydrogen) atoms. The summed E-state index contributed by atoms with van der Waals surface area (Å²) < 4.78 is 5.59. The van der Waals surface area contributed by atoms with Gasteiger partial charge < -0.3 is 4.74 Å². The molecule has 0 bridgehead atoms. The number of hydrogen-bond acceptors (Lipinski definition) is 3. The third-order valence-electron chi connectivity index (χ3n) is 3.20. The van der Waals surface area contributed by atoms with Crippen LogP contribution in [0.25, 0.3) is 0 Å². The highest BCUT2D eigenvalue weighted by Crippen LogP contribution is 2.44. The maximum atomic E-state index is 5.59. The van der Waals surface area contributed by atoms with Gasteiger partial charge in [-0.05, 0) is 19.4 Å². The minimum Gasteiger partial charge on any atom is -0.379 e. The number of likely N-dealkylation sites (N-methyl/N-ethyl adjacent to an activating group) is 1. The number of nitrogens with zero attached hydrogens (tertiary/aromatic N) is 1. The van der Waals surface area contributed by atoms with Crippen LogP contribution in [-0.4, -0.2) is 42.3 Å². The Kier molecular flexibility index (Phi) is 2.36. The van der Waals surface area contributed by atoms with Gasteiger partial charge >= 0.3 is 0 Å². The largest absolute Gasteiger partial charge is 0.379 e. The van der Waals surface area contributed by atoms with Crippen molar-refractivity contribution in [3.63, 3.8) is 0 Å². The molecule has 0 aromatic heterocycles. The maximum absolute atomic E-state index is 5.59. The highest BCUT2D eigenvalue weighted by Gasteiger charge is 2.46. The minimum absolute atomic E-state index is 0.318. The second kappa shape index (κ2) is 3.20. The monoisotopic (exact) mass is 187 g/mol. The molecule has 2 fully saturated rings. The number of rotatable bonds is 0. The van der Waals surface area contributed by atoms with E-state index in [-0.39, 0.29) is 0 Å². The lowest BCUT2D eigenvalue weighted by Crippen LogP contribution is -2.51. The van der Waals surface area contributed by atoms with E-state index in [1.807, 2.05) is 0 Å². The molecular formula is C9H17NOS. The summed E-state index contributed by atoms with van der Waals surface area (Å²) in [6, 6.07) is 0. The second-order valence-corrected chi connectivity index (χ2v) is 5.26. The highest BCUT2D eigenvalue weighted by atomic mass is 32.2. The zero-order chi connectivity index (χ0) is 8.60. The Bertz CT molecular complexity index is 176. The molecule has 2 rings (SSSR count). The van der Waals surface area contributed by atoms with Crippen molar-refractivity contribution < 1.29 is 4.74 Å². The van der Waals surface area contributed by atoms with Crippen molar-refractivity contribution in [2.24, 2.45) is 5.92 Å². The van der Waals surface area contributed by atoms with Gasteiger partial charge in [-0.1, -0.05) is 6.92 Å². The molecule has 0 aromatic rings. The van der Waals surface area contributed by atoms with Crippen LogP contribution in [0.2, 0.25) is 0 Å². The predicted octanol–water partition coefficient (Wildman–Crippen LogP) is 1.42. The van der Waals surface area contributed by atoms with Crippen LogP contribution in [0.3, 0.4) is 0 Å². The standard InChI is InChI=1S/C9H17NOS/c1-8-3-5-11-7-9(8)10(2)4-6-12-9/h8H,3-7H2,1-2H3/t8-,9-/m1/s1.